The molecule has 106 valence electrons. The van der Waals surface area contributed by atoms with Crippen molar-refractivity contribution in [1.29, 1.82) is 0 Å². The zero-order valence-corrected chi connectivity index (χ0v) is 12.6. The number of hydrogen-bond acceptors (Lipinski definition) is 5. The Hall–Kier alpha value is -1.88. The highest BCUT2D eigenvalue weighted by atomic mass is 35.5. The normalized spacial score (nSPS) is 10.4. The van der Waals surface area contributed by atoms with Gasteiger partial charge in [0.25, 0.3) is 0 Å². The molecule has 0 saturated carbocycles. The van der Waals surface area contributed by atoms with Crippen LogP contribution in [0.3, 0.4) is 0 Å². The largest absolute Gasteiger partial charge is 0.341 e. The van der Waals surface area contributed by atoms with E-state index < -0.39 is 0 Å². The number of nitrogens with one attached hydrogen (secondary N) is 1. The van der Waals surface area contributed by atoms with Gasteiger partial charge in [-0.2, -0.15) is 15.0 Å². The van der Waals surface area contributed by atoms with E-state index in [-0.39, 0.29) is 5.28 Å². The monoisotopic (exact) mass is 291 g/mol. The average molecular weight is 292 g/mol. The summed E-state index contributed by atoms with van der Waals surface area (Å²) in [6.07, 6.45) is 0. The lowest BCUT2D eigenvalue weighted by atomic mass is 10.2. The fourth-order valence-corrected chi connectivity index (χ4v) is 2.03. The van der Waals surface area contributed by atoms with Gasteiger partial charge in [-0.25, -0.2) is 0 Å². The molecule has 5 nitrogen and oxygen atoms in total. The number of anilines is 3. The first-order valence-corrected chi connectivity index (χ1v) is 7.01. The van der Waals surface area contributed by atoms with Gasteiger partial charge in [-0.15, -0.1) is 0 Å². The number of aromatic nitrogens is 3. The van der Waals surface area contributed by atoms with Gasteiger partial charge in [0.2, 0.25) is 17.2 Å². The lowest BCUT2D eigenvalue weighted by Gasteiger charge is -2.19. The average Bonchev–Trinajstić information content (AvgIpc) is 2.42. The van der Waals surface area contributed by atoms with Crippen LogP contribution in [0.15, 0.2) is 24.3 Å². The number of rotatable bonds is 5. The summed E-state index contributed by atoms with van der Waals surface area (Å²) in [5.41, 5.74) is 2.08. The van der Waals surface area contributed by atoms with Gasteiger partial charge in [-0.1, -0.05) is 18.2 Å². The van der Waals surface area contributed by atoms with E-state index in [1.807, 2.05) is 36.1 Å². The Labute approximate surface area is 124 Å². The minimum absolute atomic E-state index is 0.193. The van der Waals surface area contributed by atoms with Crippen molar-refractivity contribution in [3.8, 4) is 0 Å². The van der Waals surface area contributed by atoms with Crippen molar-refractivity contribution in [3.05, 3.63) is 35.1 Å². The molecule has 2 rings (SSSR count). The molecule has 20 heavy (non-hydrogen) atoms. The molecule has 0 aliphatic carbocycles. The third-order valence-electron chi connectivity index (χ3n) is 3.03. The molecule has 0 radical (unpaired) electrons. The maximum Gasteiger partial charge on any atom is 0.233 e. The first-order valence-electron chi connectivity index (χ1n) is 6.63. The molecule has 1 aromatic heterocycles. The molecular formula is C14H18ClN5. The summed E-state index contributed by atoms with van der Waals surface area (Å²) < 4.78 is 0. The van der Waals surface area contributed by atoms with Crippen molar-refractivity contribution in [2.45, 2.75) is 20.8 Å². The molecule has 0 amide bonds. The third-order valence-corrected chi connectivity index (χ3v) is 3.20. The van der Waals surface area contributed by atoms with Gasteiger partial charge < -0.3 is 10.2 Å². The predicted octanol–water partition coefficient (Wildman–Crippen LogP) is 3.42. The Kier molecular flexibility index (Phi) is 4.74. The van der Waals surface area contributed by atoms with Crippen molar-refractivity contribution < 1.29 is 0 Å². The Balaban J connectivity index is 2.31. The van der Waals surface area contributed by atoms with E-state index in [0.29, 0.717) is 11.9 Å². The van der Waals surface area contributed by atoms with Crippen LogP contribution in [0.5, 0.6) is 0 Å². The first kappa shape index (κ1) is 14.5. The van der Waals surface area contributed by atoms with E-state index in [2.05, 4.69) is 34.1 Å². The summed E-state index contributed by atoms with van der Waals surface area (Å²) in [6, 6.07) is 7.95. The smallest absolute Gasteiger partial charge is 0.233 e. The zero-order valence-electron chi connectivity index (χ0n) is 11.9. The summed E-state index contributed by atoms with van der Waals surface area (Å²) in [5, 5.41) is 3.38. The molecule has 1 N–H and O–H groups in total. The van der Waals surface area contributed by atoms with E-state index in [0.717, 1.165) is 24.3 Å². The summed E-state index contributed by atoms with van der Waals surface area (Å²) in [7, 11) is 0. The molecule has 0 fully saturated rings. The topological polar surface area (TPSA) is 53.9 Å². The number of nitrogens with zero attached hydrogens (tertiary/aromatic N) is 4. The highest BCUT2D eigenvalue weighted by molar-refractivity contribution is 6.28. The molecule has 0 aliphatic heterocycles. The van der Waals surface area contributed by atoms with Crippen molar-refractivity contribution in [1.82, 2.24) is 15.0 Å². The maximum absolute atomic E-state index is 5.99. The Bertz CT molecular complexity index is 584. The second-order valence-electron chi connectivity index (χ2n) is 4.34. The van der Waals surface area contributed by atoms with Crippen LogP contribution in [-0.2, 0) is 0 Å². The van der Waals surface area contributed by atoms with Crippen molar-refractivity contribution in [2.75, 3.05) is 23.3 Å². The van der Waals surface area contributed by atoms with Crippen LogP contribution in [-0.4, -0.2) is 28.0 Å². The van der Waals surface area contributed by atoms with Crippen LogP contribution >= 0.6 is 11.6 Å². The maximum atomic E-state index is 5.99. The van der Waals surface area contributed by atoms with E-state index in [9.17, 15) is 0 Å². The molecule has 1 aromatic carbocycles. The van der Waals surface area contributed by atoms with Crippen LogP contribution in [0.4, 0.5) is 17.6 Å². The Morgan fingerprint density at radius 1 is 1.10 bits per heavy atom. The Morgan fingerprint density at radius 2 is 1.80 bits per heavy atom. The second-order valence-corrected chi connectivity index (χ2v) is 4.68. The standard InChI is InChI=1S/C14H18ClN5/c1-4-20(5-2)14-18-12(15)17-13(19-14)16-11-9-7-6-8-10(11)3/h6-9H,4-5H2,1-3H3,(H,16,17,18,19). The quantitative estimate of drug-likeness (QED) is 0.915. The number of para-hydroxylation sites is 1. The molecule has 0 atom stereocenters. The molecule has 0 unspecified atom stereocenters. The van der Waals surface area contributed by atoms with E-state index in [1.54, 1.807) is 0 Å². The fraction of sp³-hybridized carbons (Fsp3) is 0.357. The second kappa shape index (κ2) is 6.52. The van der Waals surface area contributed by atoms with Gasteiger partial charge in [0.1, 0.15) is 0 Å². The lowest BCUT2D eigenvalue weighted by molar-refractivity contribution is 0.813. The number of hydrogen-bond donors (Lipinski definition) is 1. The highest BCUT2D eigenvalue weighted by Gasteiger charge is 2.10. The fourth-order valence-electron chi connectivity index (χ4n) is 1.88. The molecular weight excluding hydrogens is 274 g/mol. The minimum atomic E-state index is 0.193. The Morgan fingerprint density at radius 3 is 2.45 bits per heavy atom. The van der Waals surface area contributed by atoms with Gasteiger partial charge in [0, 0.05) is 18.8 Å². The molecule has 1 heterocycles. The SMILES string of the molecule is CCN(CC)c1nc(Cl)nc(Nc2ccccc2C)n1. The van der Waals surface area contributed by atoms with E-state index in [4.69, 9.17) is 11.6 Å². The molecule has 0 saturated heterocycles. The molecule has 6 heteroatoms. The summed E-state index contributed by atoms with van der Waals surface area (Å²) in [6.45, 7) is 7.77. The number of aryl methyl sites for hydroxylation is 1. The predicted molar refractivity (Wildman–Crippen MR) is 82.9 cm³/mol. The van der Waals surface area contributed by atoms with Crippen molar-refractivity contribution in [2.24, 2.45) is 0 Å². The molecule has 0 bridgehead atoms. The molecule has 2 aromatic rings. The van der Waals surface area contributed by atoms with Crippen LogP contribution in [0.2, 0.25) is 5.28 Å². The van der Waals surface area contributed by atoms with Crippen molar-refractivity contribution >= 4 is 29.2 Å². The number of benzene rings is 1. The van der Waals surface area contributed by atoms with Crippen LogP contribution in [0.25, 0.3) is 0 Å². The lowest BCUT2D eigenvalue weighted by Crippen LogP contribution is -2.24. The van der Waals surface area contributed by atoms with Gasteiger partial charge in [0.15, 0.2) is 0 Å². The summed E-state index contributed by atoms with van der Waals surface area (Å²) in [4.78, 5) is 14.7. The first-order chi connectivity index (χ1) is 9.63. The van der Waals surface area contributed by atoms with Gasteiger partial charge in [-0.3, -0.25) is 0 Å². The van der Waals surface area contributed by atoms with Gasteiger partial charge >= 0.3 is 0 Å². The van der Waals surface area contributed by atoms with Gasteiger partial charge in [0.05, 0.1) is 0 Å². The minimum Gasteiger partial charge on any atom is -0.341 e. The van der Waals surface area contributed by atoms with Crippen LogP contribution < -0.4 is 10.2 Å². The van der Waals surface area contributed by atoms with Crippen LogP contribution in [0, 0.1) is 6.92 Å². The van der Waals surface area contributed by atoms with E-state index in [1.165, 1.54) is 0 Å². The van der Waals surface area contributed by atoms with Gasteiger partial charge in [-0.05, 0) is 44.0 Å². The third kappa shape index (κ3) is 3.36. The highest BCUT2D eigenvalue weighted by Crippen LogP contribution is 2.20. The van der Waals surface area contributed by atoms with E-state index >= 15 is 0 Å². The van der Waals surface area contributed by atoms with Crippen LogP contribution in [0.1, 0.15) is 19.4 Å². The summed E-state index contributed by atoms with van der Waals surface area (Å²) >= 11 is 5.99. The number of halogens is 1. The molecule has 0 spiro atoms. The zero-order chi connectivity index (χ0) is 14.5. The molecule has 0 aliphatic rings. The van der Waals surface area contributed by atoms with Crippen molar-refractivity contribution in [3.63, 3.8) is 0 Å². The summed E-state index contributed by atoms with van der Waals surface area (Å²) in [5.74, 6) is 1.05.